The first-order chi connectivity index (χ1) is 16.4. The Morgan fingerprint density at radius 1 is 1.03 bits per heavy atom. The Balaban J connectivity index is 1.40. The predicted molar refractivity (Wildman–Crippen MR) is 126 cm³/mol. The van der Waals surface area contributed by atoms with E-state index in [0.717, 1.165) is 11.3 Å². The van der Waals surface area contributed by atoms with Gasteiger partial charge in [-0.05, 0) is 54.1 Å². The molecule has 3 aromatic rings. The van der Waals surface area contributed by atoms with Gasteiger partial charge >= 0.3 is 0 Å². The number of hydrogen-bond donors (Lipinski definition) is 2. The van der Waals surface area contributed by atoms with Gasteiger partial charge in [-0.25, -0.2) is 4.39 Å². The molecular formula is C26H24FN3O4. The summed E-state index contributed by atoms with van der Waals surface area (Å²) in [4.78, 5) is 39.6. The summed E-state index contributed by atoms with van der Waals surface area (Å²) in [6, 6.07) is 19.6. The summed E-state index contributed by atoms with van der Waals surface area (Å²) in [6.07, 6.45) is 0.0367. The Kier molecular flexibility index (Phi) is 6.87. The molecule has 0 bridgehead atoms. The van der Waals surface area contributed by atoms with E-state index in [0.29, 0.717) is 23.5 Å². The number of nitrogens with zero attached hydrogens (tertiary/aromatic N) is 1. The largest absolute Gasteiger partial charge is 0.497 e. The standard InChI is InChI=1S/C26H24FN3O4/c1-34-21-12-6-17(7-13-21)15-28-26(33)22-4-2-3-5-23(22)29-25(32)18-14-24(31)30(16-18)20-10-8-19(27)9-11-20/h2-13,18H,14-16H2,1H3,(H,28,33)(H,29,32)/t18-/m0/s1. The summed E-state index contributed by atoms with van der Waals surface area (Å²) < 4.78 is 18.3. The number of amides is 3. The molecule has 7 nitrogen and oxygen atoms in total. The topological polar surface area (TPSA) is 87.7 Å². The van der Waals surface area contributed by atoms with E-state index in [1.54, 1.807) is 31.4 Å². The Bertz CT molecular complexity index is 1200. The molecule has 1 aliphatic rings. The summed E-state index contributed by atoms with van der Waals surface area (Å²) in [5.41, 5.74) is 2.14. The number of carbonyl (C=O) groups excluding carboxylic acids is 3. The van der Waals surface area contributed by atoms with E-state index < -0.39 is 11.7 Å². The van der Waals surface area contributed by atoms with Crippen molar-refractivity contribution in [2.75, 3.05) is 23.9 Å². The van der Waals surface area contributed by atoms with Crippen LogP contribution in [0.25, 0.3) is 0 Å². The zero-order chi connectivity index (χ0) is 24.1. The molecule has 174 valence electrons. The summed E-state index contributed by atoms with van der Waals surface area (Å²) in [7, 11) is 1.59. The molecule has 1 atom stereocenters. The van der Waals surface area contributed by atoms with Gasteiger partial charge < -0.3 is 20.3 Å². The van der Waals surface area contributed by atoms with Crippen molar-refractivity contribution in [3.05, 3.63) is 89.7 Å². The number of nitrogens with one attached hydrogen (secondary N) is 2. The lowest BCUT2D eigenvalue weighted by atomic mass is 10.1. The van der Waals surface area contributed by atoms with Gasteiger partial charge in [0.1, 0.15) is 11.6 Å². The van der Waals surface area contributed by atoms with Crippen LogP contribution < -0.4 is 20.3 Å². The van der Waals surface area contributed by atoms with Crippen molar-refractivity contribution in [1.29, 1.82) is 0 Å². The lowest BCUT2D eigenvalue weighted by Crippen LogP contribution is -2.29. The van der Waals surface area contributed by atoms with Crippen LogP contribution in [0, 0.1) is 11.7 Å². The second-order valence-electron chi connectivity index (χ2n) is 7.95. The molecule has 0 aromatic heterocycles. The second kappa shape index (κ2) is 10.2. The van der Waals surface area contributed by atoms with Crippen LogP contribution in [0.4, 0.5) is 15.8 Å². The number of carbonyl (C=O) groups is 3. The van der Waals surface area contributed by atoms with Crippen molar-refractivity contribution in [3.8, 4) is 5.75 Å². The fourth-order valence-electron chi connectivity index (χ4n) is 3.80. The van der Waals surface area contributed by atoms with Gasteiger partial charge in [-0.3, -0.25) is 14.4 Å². The third-order valence-corrected chi connectivity index (χ3v) is 5.68. The zero-order valence-corrected chi connectivity index (χ0v) is 18.6. The molecule has 1 heterocycles. The fraction of sp³-hybridized carbons (Fsp3) is 0.192. The first-order valence-corrected chi connectivity index (χ1v) is 10.8. The van der Waals surface area contributed by atoms with Crippen LogP contribution in [0.15, 0.2) is 72.8 Å². The lowest BCUT2D eigenvalue weighted by Gasteiger charge is -2.17. The monoisotopic (exact) mass is 461 g/mol. The highest BCUT2D eigenvalue weighted by atomic mass is 19.1. The number of halogens is 1. The van der Waals surface area contributed by atoms with Crippen LogP contribution in [0.1, 0.15) is 22.3 Å². The number of hydrogen-bond acceptors (Lipinski definition) is 4. The molecular weight excluding hydrogens is 437 g/mol. The molecule has 4 rings (SSSR count). The van der Waals surface area contributed by atoms with E-state index in [1.807, 2.05) is 24.3 Å². The van der Waals surface area contributed by atoms with Crippen molar-refractivity contribution in [2.24, 2.45) is 5.92 Å². The first-order valence-electron chi connectivity index (χ1n) is 10.8. The van der Waals surface area contributed by atoms with E-state index in [1.165, 1.54) is 29.2 Å². The van der Waals surface area contributed by atoms with Crippen LogP contribution in [0.2, 0.25) is 0 Å². The highest BCUT2D eigenvalue weighted by molar-refractivity contribution is 6.07. The van der Waals surface area contributed by atoms with Crippen LogP contribution >= 0.6 is 0 Å². The van der Waals surface area contributed by atoms with E-state index in [4.69, 9.17) is 4.74 Å². The average molecular weight is 461 g/mol. The number of para-hydroxylation sites is 1. The Hall–Kier alpha value is -4.20. The molecule has 34 heavy (non-hydrogen) atoms. The molecule has 0 unspecified atom stereocenters. The quantitative estimate of drug-likeness (QED) is 0.561. The molecule has 0 aliphatic carbocycles. The number of methoxy groups -OCH3 is 1. The Morgan fingerprint density at radius 2 is 1.74 bits per heavy atom. The molecule has 0 spiro atoms. The highest BCUT2D eigenvalue weighted by Crippen LogP contribution is 2.27. The van der Waals surface area contributed by atoms with E-state index in [-0.39, 0.29) is 30.7 Å². The highest BCUT2D eigenvalue weighted by Gasteiger charge is 2.35. The van der Waals surface area contributed by atoms with Crippen molar-refractivity contribution in [3.63, 3.8) is 0 Å². The van der Waals surface area contributed by atoms with Gasteiger partial charge in [0.15, 0.2) is 0 Å². The normalized spacial score (nSPS) is 15.2. The number of rotatable bonds is 7. The van der Waals surface area contributed by atoms with Gasteiger partial charge in [-0.1, -0.05) is 24.3 Å². The van der Waals surface area contributed by atoms with Crippen molar-refractivity contribution >= 4 is 29.1 Å². The lowest BCUT2D eigenvalue weighted by molar-refractivity contribution is -0.122. The molecule has 3 amide bonds. The number of ether oxygens (including phenoxy) is 1. The molecule has 8 heteroatoms. The van der Waals surface area contributed by atoms with Crippen molar-refractivity contribution < 1.29 is 23.5 Å². The van der Waals surface area contributed by atoms with E-state index in [9.17, 15) is 18.8 Å². The summed E-state index contributed by atoms with van der Waals surface area (Å²) in [5, 5.41) is 5.65. The maximum absolute atomic E-state index is 13.2. The van der Waals surface area contributed by atoms with Crippen LogP contribution in [0.5, 0.6) is 5.75 Å². The van der Waals surface area contributed by atoms with Gasteiger partial charge in [-0.2, -0.15) is 0 Å². The molecule has 1 aliphatic heterocycles. The predicted octanol–water partition coefficient (Wildman–Crippen LogP) is 3.76. The SMILES string of the molecule is COc1ccc(CNC(=O)c2ccccc2NC(=O)[C@H]2CC(=O)N(c3ccc(F)cc3)C2)cc1. The number of anilines is 2. The maximum Gasteiger partial charge on any atom is 0.253 e. The van der Waals surface area contributed by atoms with Crippen molar-refractivity contribution in [1.82, 2.24) is 5.32 Å². The van der Waals surface area contributed by atoms with Gasteiger partial charge in [0.05, 0.1) is 24.3 Å². The summed E-state index contributed by atoms with van der Waals surface area (Å²) >= 11 is 0. The molecule has 0 radical (unpaired) electrons. The van der Waals surface area contributed by atoms with Gasteiger partial charge in [0.25, 0.3) is 5.91 Å². The minimum absolute atomic E-state index is 0.0367. The smallest absolute Gasteiger partial charge is 0.253 e. The fourth-order valence-corrected chi connectivity index (χ4v) is 3.80. The van der Waals surface area contributed by atoms with Crippen LogP contribution in [-0.2, 0) is 16.1 Å². The zero-order valence-electron chi connectivity index (χ0n) is 18.6. The van der Waals surface area contributed by atoms with Gasteiger partial charge in [0.2, 0.25) is 11.8 Å². The van der Waals surface area contributed by atoms with Gasteiger partial charge in [0, 0.05) is 25.2 Å². The Morgan fingerprint density at radius 3 is 2.44 bits per heavy atom. The van der Waals surface area contributed by atoms with Gasteiger partial charge in [-0.15, -0.1) is 0 Å². The molecule has 1 fully saturated rings. The Labute approximate surface area is 196 Å². The molecule has 3 aromatic carbocycles. The maximum atomic E-state index is 13.2. The second-order valence-corrected chi connectivity index (χ2v) is 7.95. The molecule has 0 saturated carbocycles. The average Bonchev–Trinajstić information content (AvgIpc) is 3.25. The minimum atomic E-state index is -0.590. The number of benzene rings is 3. The van der Waals surface area contributed by atoms with Crippen LogP contribution in [-0.4, -0.2) is 31.4 Å². The molecule has 1 saturated heterocycles. The first kappa shape index (κ1) is 23.0. The van der Waals surface area contributed by atoms with E-state index >= 15 is 0 Å². The molecule has 2 N–H and O–H groups in total. The third-order valence-electron chi connectivity index (χ3n) is 5.68. The van der Waals surface area contributed by atoms with Crippen LogP contribution in [0.3, 0.4) is 0 Å². The van der Waals surface area contributed by atoms with Crippen molar-refractivity contribution in [2.45, 2.75) is 13.0 Å². The summed E-state index contributed by atoms with van der Waals surface area (Å²) in [6.45, 7) is 0.497. The summed E-state index contributed by atoms with van der Waals surface area (Å²) in [5.74, 6) is -1.15. The minimum Gasteiger partial charge on any atom is -0.497 e. The van der Waals surface area contributed by atoms with E-state index in [2.05, 4.69) is 10.6 Å². The third kappa shape index (κ3) is 5.23.